The number of ether oxygens (including phenoxy) is 2. The fourth-order valence-electron chi connectivity index (χ4n) is 4.63. The number of likely N-dealkylation sites (tertiary alicyclic amines) is 1. The summed E-state index contributed by atoms with van der Waals surface area (Å²) in [5.74, 6) is 0.701. The lowest BCUT2D eigenvalue weighted by atomic mass is 9.76. The van der Waals surface area contributed by atoms with Gasteiger partial charge in [-0.2, -0.15) is 0 Å². The van der Waals surface area contributed by atoms with Crippen LogP contribution in [0.1, 0.15) is 56.8 Å². The molecule has 0 radical (unpaired) electrons. The molecule has 1 fully saturated rings. The Labute approximate surface area is 174 Å². The van der Waals surface area contributed by atoms with Crippen LogP contribution in [0.15, 0.2) is 54.6 Å². The van der Waals surface area contributed by atoms with E-state index in [1.165, 1.54) is 18.9 Å². The van der Waals surface area contributed by atoms with E-state index in [2.05, 4.69) is 30.0 Å². The average molecular weight is 396 g/mol. The normalized spacial score (nSPS) is 20.4. The Morgan fingerprint density at radius 2 is 1.97 bits per heavy atom. The second-order valence-electron chi connectivity index (χ2n) is 8.09. The van der Waals surface area contributed by atoms with Gasteiger partial charge in [0.2, 0.25) is 0 Å². The van der Waals surface area contributed by atoms with Gasteiger partial charge >= 0.3 is 5.97 Å². The molecule has 0 aliphatic carbocycles. The molecule has 0 bridgehead atoms. The molecule has 156 valence electrons. The van der Waals surface area contributed by atoms with Gasteiger partial charge in [-0.25, -0.2) is 0 Å². The van der Waals surface area contributed by atoms with Gasteiger partial charge in [-0.05, 0) is 42.6 Å². The van der Waals surface area contributed by atoms with E-state index in [1.54, 1.807) is 7.11 Å². The van der Waals surface area contributed by atoms with Crippen LogP contribution in [0.25, 0.3) is 0 Å². The van der Waals surface area contributed by atoms with Gasteiger partial charge in [0.25, 0.3) is 0 Å². The molecule has 3 rings (SSSR count). The monoisotopic (exact) mass is 395 g/mol. The van der Waals surface area contributed by atoms with Crippen molar-refractivity contribution in [1.29, 1.82) is 0 Å². The molecule has 4 nitrogen and oxygen atoms in total. The van der Waals surface area contributed by atoms with Crippen molar-refractivity contribution < 1.29 is 14.3 Å². The van der Waals surface area contributed by atoms with Crippen molar-refractivity contribution in [1.82, 2.24) is 4.90 Å². The summed E-state index contributed by atoms with van der Waals surface area (Å²) in [5, 5.41) is 0. The van der Waals surface area contributed by atoms with Crippen molar-refractivity contribution in [3.05, 3.63) is 65.7 Å². The zero-order valence-corrected chi connectivity index (χ0v) is 17.9. The van der Waals surface area contributed by atoms with Crippen LogP contribution in [-0.2, 0) is 14.9 Å². The molecule has 0 amide bonds. The number of methoxy groups -OCH3 is 1. The maximum Gasteiger partial charge on any atom is 0.303 e. The Kier molecular flexibility index (Phi) is 7.32. The smallest absolute Gasteiger partial charge is 0.303 e. The Bertz CT molecular complexity index is 792. The molecule has 0 spiro atoms. The third-order valence-electron chi connectivity index (χ3n) is 6.03. The number of benzene rings is 2. The number of rotatable bonds is 9. The summed E-state index contributed by atoms with van der Waals surface area (Å²) in [6.07, 6.45) is 4.10. The number of hydrogen-bond acceptors (Lipinski definition) is 4. The summed E-state index contributed by atoms with van der Waals surface area (Å²) < 4.78 is 11.1. The second kappa shape index (κ2) is 9.93. The van der Waals surface area contributed by atoms with E-state index in [0.29, 0.717) is 0 Å². The van der Waals surface area contributed by atoms with E-state index in [1.807, 2.05) is 36.4 Å². The van der Waals surface area contributed by atoms with Crippen LogP contribution in [0.4, 0.5) is 0 Å². The first-order valence-corrected chi connectivity index (χ1v) is 10.7. The van der Waals surface area contributed by atoms with Gasteiger partial charge in [-0.15, -0.1) is 0 Å². The van der Waals surface area contributed by atoms with Crippen molar-refractivity contribution in [3.8, 4) is 5.75 Å². The maximum absolute atomic E-state index is 11.6. The highest BCUT2D eigenvalue weighted by molar-refractivity contribution is 5.66. The number of esters is 1. The van der Waals surface area contributed by atoms with Crippen LogP contribution in [-0.4, -0.2) is 37.6 Å². The quantitative estimate of drug-likeness (QED) is 0.552. The van der Waals surface area contributed by atoms with Gasteiger partial charge in [0.15, 0.2) is 0 Å². The Morgan fingerprint density at radius 3 is 2.66 bits per heavy atom. The van der Waals surface area contributed by atoms with Crippen molar-refractivity contribution in [3.63, 3.8) is 0 Å². The van der Waals surface area contributed by atoms with Crippen molar-refractivity contribution in [2.24, 2.45) is 0 Å². The van der Waals surface area contributed by atoms with Crippen molar-refractivity contribution >= 4 is 5.97 Å². The summed E-state index contributed by atoms with van der Waals surface area (Å²) in [5.41, 5.74) is 2.61. The molecule has 0 N–H and O–H groups in total. The third-order valence-corrected chi connectivity index (χ3v) is 6.03. The van der Waals surface area contributed by atoms with Crippen LogP contribution < -0.4 is 4.74 Å². The minimum Gasteiger partial charge on any atom is -0.497 e. The lowest BCUT2D eigenvalue weighted by molar-refractivity contribution is -0.147. The predicted molar refractivity (Wildman–Crippen MR) is 116 cm³/mol. The van der Waals surface area contributed by atoms with E-state index in [-0.39, 0.29) is 17.5 Å². The zero-order valence-electron chi connectivity index (χ0n) is 17.9. The number of carbonyl (C=O) groups is 1. The summed E-state index contributed by atoms with van der Waals surface area (Å²) in [6.45, 7) is 6.77. The molecule has 1 saturated heterocycles. The molecule has 0 aromatic heterocycles. The van der Waals surface area contributed by atoms with E-state index in [0.717, 1.165) is 50.2 Å². The lowest BCUT2D eigenvalue weighted by Crippen LogP contribution is -2.32. The Morgan fingerprint density at radius 1 is 1.17 bits per heavy atom. The molecule has 1 aliphatic rings. The van der Waals surface area contributed by atoms with Crippen LogP contribution in [0.2, 0.25) is 0 Å². The zero-order chi connectivity index (χ0) is 20.7. The van der Waals surface area contributed by atoms with Crippen LogP contribution in [0.3, 0.4) is 0 Å². The molecular formula is C25H33NO3. The molecule has 0 saturated carbocycles. The van der Waals surface area contributed by atoms with Gasteiger partial charge in [0.1, 0.15) is 11.9 Å². The molecule has 1 heterocycles. The first kappa shape index (κ1) is 21.4. The van der Waals surface area contributed by atoms with Gasteiger partial charge in [-0.3, -0.25) is 4.79 Å². The first-order valence-electron chi connectivity index (χ1n) is 10.7. The van der Waals surface area contributed by atoms with Gasteiger partial charge in [0, 0.05) is 31.8 Å². The molecule has 2 aromatic rings. The van der Waals surface area contributed by atoms with Gasteiger partial charge < -0.3 is 14.4 Å². The first-order chi connectivity index (χ1) is 14.1. The Hall–Kier alpha value is -2.33. The summed E-state index contributed by atoms with van der Waals surface area (Å²) >= 11 is 0. The topological polar surface area (TPSA) is 38.8 Å². The number of hydrogen-bond donors (Lipinski definition) is 0. The highest BCUT2D eigenvalue weighted by Gasteiger charge is 2.39. The van der Waals surface area contributed by atoms with E-state index in [9.17, 15) is 4.79 Å². The van der Waals surface area contributed by atoms with E-state index >= 15 is 0 Å². The van der Waals surface area contributed by atoms with Crippen molar-refractivity contribution in [2.75, 3.05) is 26.7 Å². The molecule has 2 unspecified atom stereocenters. The molecule has 2 aromatic carbocycles. The predicted octanol–water partition coefficient (Wildman–Crippen LogP) is 5.13. The van der Waals surface area contributed by atoms with Crippen LogP contribution in [0, 0.1) is 0 Å². The summed E-state index contributed by atoms with van der Waals surface area (Å²) in [7, 11) is 1.73. The standard InChI is InChI=1S/C25H33NO3/c1-4-14-25(22-11-8-12-23(18-22)28-3)15-17-26(19-25)16-13-24(29-20(2)27)21-9-6-5-7-10-21/h5-12,18,24H,4,13-17,19H2,1-3H3. The van der Waals surface area contributed by atoms with E-state index < -0.39 is 0 Å². The van der Waals surface area contributed by atoms with Gasteiger partial charge in [-0.1, -0.05) is 55.8 Å². The Balaban J connectivity index is 1.69. The highest BCUT2D eigenvalue weighted by atomic mass is 16.5. The largest absolute Gasteiger partial charge is 0.497 e. The lowest BCUT2D eigenvalue weighted by Gasteiger charge is -2.30. The van der Waals surface area contributed by atoms with Gasteiger partial charge in [0.05, 0.1) is 7.11 Å². The fraction of sp³-hybridized carbons (Fsp3) is 0.480. The molecule has 2 atom stereocenters. The molecular weight excluding hydrogens is 362 g/mol. The molecule has 29 heavy (non-hydrogen) atoms. The molecule has 4 heteroatoms. The highest BCUT2D eigenvalue weighted by Crippen LogP contribution is 2.40. The number of carbonyl (C=O) groups excluding carboxylic acids is 1. The fourth-order valence-corrected chi connectivity index (χ4v) is 4.63. The van der Waals surface area contributed by atoms with Crippen molar-refractivity contribution in [2.45, 2.75) is 51.0 Å². The second-order valence-corrected chi connectivity index (χ2v) is 8.09. The molecule has 1 aliphatic heterocycles. The minimum absolute atomic E-state index is 0.174. The third kappa shape index (κ3) is 5.39. The minimum atomic E-state index is -0.225. The van der Waals surface area contributed by atoms with Crippen LogP contribution >= 0.6 is 0 Å². The summed E-state index contributed by atoms with van der Waals surface area (Å²) in [6, 6.07) is 18.6. The van der Waals surface area contributed by atoms with E-state index in [4.69, 9.17) is 9.47 Å². The van der Waals surface area contributed by atoms with Crippen LogP contribution in [0.5, 0.6) is 5.75 Å². The summed E-state index contributed by atoms with van der Waals surface area (Å²) in [4.78, 5) is 14.1. The average Bonchev–Trinajstić information content (AvgIpc) is 3.16. The maximum atomic E-state index is 11.6. The SMILES string of the molecule is CCCC1(c2cccc(OC)c2)CCN(CCC(OC(C)=O)c2ccccc2)C1. The number of nitrogens with zero attached hydrogens (tertiary/aromatic N) is 1.